The second-order valence-corrected chi connectivity index (χ2v) is 5.58. The van der Waals surface area contributed by atoms with E-state index in [1.165, 1.54) is 34.2 Å². The molecule has 4 rings (SSSR count). The molecule has 1 aromatic carbocycles. The van der Waals surface area contributed by atoms with Crippen LogP contribution in [-0.4, -0.2) is 14.6 Å². The molecule has 0 aliphatic rings. The molecule has 5 nitrogen and oxygen atoms in total. The second-order valence-electron chi connectivity index (χ2n) is 4.57. The SMILES string of the molecule is O=c1/c(=C/c2ccc(F)cc2)sc2nc(-c3ccco3)nn12. The van der Waals surface area contributed by atoms with Crippen molar-refractivity contribution in [1.29, 1.82) is 0 Å². The highest BCUT2D eigenvalue weighted by molar-refractivity contribution is 7.15. The third-order valence-corrected chi connectivity index (χ3v) is 4.05. The van der Waals surface area contributed by atoms with E-state index in [1.54, 1.807) is 30.3 Å². The van der Waals surface area contributed by atoms with Gasteiger partial charge >= 0.3 is 0 Å². The molecule has 0 spiro atoms. The molecule has 0 fully saturated rings. The number of nitrogens with zero attached hydrogens (tertiary/aromatic N) is 3. The van der Waals surface area contributed by atoms with Gasteiger partial charge in [0.1, 0.15) is 5.82 Å². The third-order valence-electron chi connectivity index (χ3n) is 3.09. The maximum absolute atomic E-state index is 12.9. The van der Waals surface area contributed by atoms with Crippen molar-refractivity contribution in [2.24, 2.45) is 0 Å². The molecule has 0 unspecified atom stereocenters. The van der Waals surface area contributed by atoms with Crippen molar-refractivity contribution in [3.63, 3.8) is 0 Å². The molecular formula is C15H8FN3O2S. The van der Waals surface area contributed by atoms with Gasteiger partial charge in [-0.15, -0.1) is 5.10 Å². The standard InChI is InChI=1S/C15H8FN3O2S/c16-10-5-3-9(4-6-10)8-12-14(20)19-15(22-12)17-13(18-19)11-2-1-7-21-11/h1-8H/b12-8-. The van der Waals surface area contributed by atoms with Crippen molar-refractivity contribution in [3.8, 4) is 11.6 Å². The minimum atomic E-state index is -0.315. The third kappa shape index (κ3) is 2.11. The Bertz CT molecular complexity index is 1050. The van der Waals surface area contributed by atoms with Crippen LogP contribution in [0.5, 0.6) is 0 Å². The predicted octanol–water partition coefficient (Wildman–Crippen LogP) is 2.10. The lowest BCUT2D eigenvalue weighted by Crippen LogP contribution is -2.23. The zero-order valence-corrected chi connectivity index (χ0v) is 11.9. The fourth-order valence-electron chi connectivity index (χ4n) is 2.05. The van der Waals surface area contributed by atoms with Gasteiger partial charge in [0.25, 0.3) is 5.56 Å². The van der Waals surface area contributed by atoms with E-state index in [0.29, 0.717) is 21.1 Å². The largest absolute Gasteiger partial charge is 0.461 e. The molecule has 0 atom stereocenters. The van der Waals surface area contributed by atoms with E-state index >= 15 is 0 Å². The fourth-order valence-corrected chi connectivity index (χ4v) is 2.96. The lowest BCUT2D eigenvalue weighted by atomic mass is 10.2. The predicted molar refractivity (Wildman–Crippen MR) is 80.0 cm³/mol. The van der Waals surface area contributed by atoms with Crippen LogP contribution < -0.4 is 10.1 Å². The maximum Gasteiger partial charge on any atom is 0.291 e. The zero-order chi connectivity index (χ0) is 15.1. The normalized spacial score (nSPS) is 12.3. The van der Waals surface area contributed by atoms with E-state index < -0.39 is 0 Å². The number of benzene rings is 1. The lowest BCUT2D eigenvalue weighted by molar-refractivity contribution is 0.577. The Morgan fingerprint density at radius 1 is 1.23 bits per heavy atom. The monoisotopic (exact) mass is 313 g/mol. The van der Waals surface area contributed by atoms with E-state index in [0.717, 1.165) is 5.56 Å². The molecule has 4 aromatic rings. The molecule has 108 valence electrons. The van der Waals surface area contributed by atoms with Crippen molar-refractivity contribution in [2.45, 2.75) is 0 Å². The Hall–Kier alpha value is -2.80. The molecule has 0 saturated heterocycles. The summed E-state index contributed by atoms with van der Waals surface area (Å²) in [5.41, 5.74) is 0.490. The number of thiazole rings is 1. The number of furan rings is 1. The summed E-state index contributed by atoms with van der Waals surface area (Å²) in [5.74, 6) is 0.575. The molecule has 0 N–H and O–H groups in total. The van der Waals surface area contributed by atoms with Gasteiger partial charge in [0.05, 0.1) is 10.8 Å². The van der Waals surface area contributed by atoms with Gasteiger partial charge in [-0.05, 0) is 35.9 Å². The summed E-state index contributed by atoms with van der Waals surface area (Å²) in [6.07, 6.45) is 3.21. The van der Waals surface area contributed by atoms with Crippen LogP contribution in [0.1, 0.15) is 5.56 Å². The minimum absolute atomic E-state index is 0.255. The first-order chi connectivity index (χ1) is 10.7. The number of hydrogen-bond donors (Lipinski definition) is 0. The molecule has 0 aliphatic carbocycles. The van der Waals surface area contributed by atoms with Crippen molar-refractivity contribution in [1.82, 2.24) is 14.6 Å². The minimum Gasteiger partial charge on any atom is -0.461 e. The van der Waals surface area contributed by atoms with Gasteiger partial charge in [-0.3, -0.25) is 4.79 Å². The highest BCUT2D eigenvalue weighted by Gasteiger charge is 2.13. The quantitative estimate of drug-likeness (QED) is 0.568. The van der Waals surface area contributed by atoms with E-state index in [2.05, 4.69) is 10.1 Å². The number of fused-ring (bicyclic) bond motifs is 1. The molecular weight excluding hydrogens is 305 g/mol. The Labute approximate surface area is 127 Å². The number of halogens is 1. The lowest BCUT2D eigenvalue weighted by Gasteiger charge is -1.90. The summed E-state index contributed by atoms with van der Waals surface area (Å²) in [6, 6.07) is 9.38. The van der Waals surface area contributed by atoms with Crippen LogP contribution in [0.2, 0.25) is 0 Å². The highest BCUT2D eigenvalue weighted by atomic mass is 32.1. The molecule has 3 aromatic heterocycles. The number of aromatic nitrogens is 3. The fraction of sp³-hybridized carbons (Fsp3) is 0. The summed E-state index contributed by atoms with van der Waals surface area (Å²) in [4.78, 5) is 17.1. The molecule has 22 heavy (non-hydrogen) atoms. The van der Waals surface area contributed by atoms with Gasteiger partial charge in [0.2, 0.25) is 10.8 Å². The average molecular weight is 313 g/mol. The second kappa shape index (κ2) is 4.88. The van der Waals surface area contributed by atoms with Crippen LogP contribution in [0.25, 0.3) is 22.6 Å². The molecule has 0 saturated carbocycles. The molecule has 0 bridgehead atoms. The van der Waals surface area contributed by atoms with E-state index in [1.807, 2.05) is 0 Å². The first-order valence-electron chi connectivity index (χ1n) is 6.41. The van der Waals surface area contributed by atoms with Crippen LogP contribution in [0.15, 0.2) is 51.9 Å². The first-order valence-corrected chi connectivity index (χ1v) is 7.23. The molecule has 0 aliphatic heterocycles. The molecule has 0 amide bonds. The average Bonchev–Trinajstić information content (AvgIpc) is 3.20. The number of rotatable bonds is 2. The summed E-state index contributed by atoms with van der Waals surface area (Å²) >= 11 is 1.23. The van der Waals surface area contributed by atoms with Crippen LogP contribution >= 0.6 is 11.3 Å². The van der Waals surface area contributed by atoms with Crippen LogP contribution in [0, 0.1) is 5.82 Å². The highest BCUT2D eigenvalue weighted by Crippen LogP contribution is 2.16. The van der Waals surface area contributed by atoms with Gasteiger partial charge in [-0.25, -0.2) is 4.39 Å². The van der Waals surface area contributed by atoms with Crippen LogP contribution in [0.4, 0.5) is 4.39 Å². The maximum atomic E-state index is 12.9. The van der Waals surface area contributed by atoms with Gasteiger partial charge in [-0.1, -0.05) is 23.5 Å². The Morgan fingerprint density at radius 3 is 2.73 bits per heavy atom. The zero-order valence-electron chi connectivity index (χ0n) is 11.1. The van der Waals surface area contributed by atoms with E-state index in [4.69, 9.17) is 4.42 Å². The smallest absolute Gasteiger partial charge is 0.291 e. The van der Waals surface area contributed by atoms with Crippen LogP contribution in [0.3, 0.4) is 0 Å². The topological polar surface area (TPSA) is 60.4 Å². The molecule has 0 radical (unpaired) electrons. The Kier molecular flexibility index (Phi) is 2.87. The van der Waals surface area contributed by atoms with Crippen molar-refractivity contribution in [3.05, 3.63) is 68.9 Å². The van der Waals surface area contributed by atoms with Gasteiger partial charge < -0.3 is 4.42 Å². The Morgan fingerprint density at radius 2 is 2.05 bits per heavy atom. The Balaban J connectivity index is 1.84. The first kappa shape index (κ1) is 12.9. The van der Waals surface area contributed by atoms with Crippen LogP contribution in [-0.2, 0) is 0 Å². The van der Waals surface area contributed by atoms with Gasteiger partial charge in [0, 0.05) is 0 Å². The number of hydrogen-bond acceptors (Lipinski definition) is 5. The van der Waals surface area contributed by atoms with Crippen molar-refractivity contribution in [2.75, 3.05) is 0 Å². The van der Waals surface area contributed by atoms with Crippen molar-refractivity contribution >= 4 is 22.4 Å². The van der Waals surface area contributed by atoms with E-state index in [9.17, 15) is 9.18 Å². The van der Waals surface area contributed by atoms with Crippen molar-refractivity contribution < 1.29 is 8.81 Å². The van der Waals surface area contributed by atoms with Gasteiger partial charge in [-0.2, -0.15) is 9.50 Å². The van der Waals surface area contributed by atoms with E-state index in [-0.39, 0.29) is 11.4 Å². The summed E-state index contributed by atoms with van der Waals surface area (Å²) < 4.78 is 19.9. The summed E-state index contributed by atoms with van der Waals surface area (Å²) in [5, 5.41) is 4.16. The molecule has 3 heterocycles. The van der Waals surface area contributed by atoms with Gasteiger partial charge in [0.15, 0.2) is 5.76 Å². The summed E-state index contributed by atoms with van der Waals surface area (Å²) in [7, 11) is 0. The summed E-state index contributed by atoms with van der Waals surface area (Å²) in [6.45, 7) is 0. The molecule has 7 heteroatoms.